The van der Waals surface area contributed by atoms with Crippen molar-refractivity contribution in [3.8, 4) is 5.75 Å². The number of hydrogen-bond donors (Lipinski definition) is 1. The molecule has 6 heteroatoms. The van der Waals surface area contributed by atoms with Gasteiger partial charge in [0, 0.05) is 0 Å². The maximum absolute atomic E-state index is 12.4. The Morgan fingerprint density at radius 2 is 2.09 bits per heavy atom. The molecule has 1 heterocycles. The number of carboxylic acid groups (broad SMARTS) is 1. The summed E-state index contributed by atoms with van der Waals surface area (Å²) in [5, 5.41) is 11.0. The van der Waals surface area contributed by atoms with Gasteiger partial charge < -0.3 is 0 Å². The topological polar surface area (TPSA) is 66.8 Å². The second kappa shape index (κ2) is 8.36. The molecule has 0 aliphatic carbocycles. The maximum atomic E-state index is 12.4. The Kier molecular flexibility index (Phi) is 6.48. The van der Waals surface area contributed by atoms with E-state index in [1.807, 2.05) is 31.2 Å². The first-order valence-corrected chi connectivity index (χ1v) is 10.2. The molecule has 23 heavy (non-hydrogen) atoms. The van der Waals surface area contributed by atoms with Crippen molar-refractivity contribution in [2.75, 3.05) is 13.7 Å². The number of benzene rings is 1. The number of likely N-dealkylation sites (tertiary alicyclic amines) is 1. The van der Waals surface area contributed by atoms with Crippen molar-refractivity contribution >= 4 is 26.8 Å². The van der Waals surface area contributed by atoms with Crippen LogP contribution in [0.15, 0.2) is 24.3 Å². The van der Waals surface area contributed by atoms with Crippen molar-refractivity contribution in [3.63, 3.8) is 0 Å². The van der Waals surface area contributed by atoms with E-state index in [0.29, 0.717) is 27.9 Å². The van der Waals surface area contributed by atoms with Crippen LogP contribution in [0.4, 0.5) is 0 Å². The Labute approximate surface area is 143 Å². The molecule has 1 saturated heterocycles. The Morgan fingerprint density at radius 1 is 1.39 bits per heavy atom. The van der Waals surface area contributed by atoms with Crippen molar-refractivity contribution in [2.45, 2.75) is 36.4 Å². The van der Waals surface area contributed by atoms with Crippen LogP contribution in [0.3, 0.4) is 0 Å². The van der Waals surface area contributed by atoms with Crippen LogP contribution in [0.2, 0.25) is 5.32 Å². The van der Waals surface area contributed by atoms with Gasteiger partial charge in [-0.3, -0.25) is 0 Å². The molecule has 1 fully saturated rings. The van der Waals surface area contributed by atoms with E-state index in [-0.39, 0.29) is 11.8 Å². The summed E-state index contributed by atoms with van der Waals surface area (Å²) >= 11 is 0.322. The summed E-state index contributed by atoms with van der Waals surface area (Å²) in [6.45, 7) is 2.49. The molecule has 1 aromatic rings. The third-order valence-electron chi connectivity index (χ3n) is 4.04. The summed E-state index contributed by atoms with van der Waals surface area (Å²) in [5.41, 5.74) is 1.25. The molecule has 2 rings (SSSR count). The van der Waals surface area contributed by atoms with Gasteiger partial charge in [0.25, 0.3) is 0 Å². The molecular weight excluding hydrogens is 361 g/mol. The molecule has 0 unspecified atom stereocenters. The number of aliphatic carboxylic acids is 1. The van der Waals surface area contributed by atoms with E-state index < -0.39 is 12.0 Å². The molecule has 2 atom stereocenters. The summed E-state index contributed by atoms with van der Waals surface area (Å²) in [4.78, 5) is 25.2. The zero-order valence-corrected chi connectivity index (χ0v) is 15.2. The van der Waals surface area contributed by atoms with Crippen LogP contribution in [0, 0.1) is 5.92 Å². The fraction of sp³-hybridized carbons (Fsp3) is 0.529. The van der Waals surface area contributed by atoms with Gasteiger partial charge in [-0.25, -0.2) is 0 Å². The predicted octanol–water partition coefficient (Wildman–Crippen LogP) is 2.03. The molecular formula is C17H23NO4Se. The van der Waals surface area contributed by atoms with Gasteiger partial charge in [-0.2, -0.15) is 0 Å². The Hall–Kier alpha value is -1.52. The van der Waals surface area contributed by atoms with Gasteiger partial charge in [0.15, 0.2) is 0 Å². The summed E-state index contributed by atoms with van der Waals surface area (Å²) in [5.74, 6) is -0.148. The van der Waals surface area contributed by atoms with Crippen LogP contribution in [0.25, 0.3) is 0 Å². The minimum absolute atomic E-state index is 0.00786. The number of nitrogens with zero attached hydrogens (tertiary/aromatic N) is 1. The van der Waals surface area contributed by atoms with E-state index in [1.54, 1.807) is 12.0 Å². The van der Waals surface area contributed by atoms with Crippen molar-refractivity contribution < 1.29 is 19.4 Å². The standard InChI is InChI=1S/C17H23NO4Se/c1-12(16(19)18-9-3-4-15(18)17(20)21)10-23-11-13-5-7-14(22-2)8-6-13/h5-8,12,15H,3-4,9-11H2,1-2H3,(H,20,21)/t12-,15-/m0/s1. The molecule has 0 spiro atoms. The number of carbonyl (C=O) groups excluding carboxylic acids is 1. The van der Waals surface area contributed by atoms with Crippen molar-refractivity contribution in [1.82, 2.24) is 4.90 Å². The van der Waals surface area contributed by atoms with Crippen LogP contribution in [-0.2, 0) is 14.9 Å². The van der Waals surface area contributed by atoms with Crippen molar-refractivity contribution in [3.05, 3.63) is 29.8 Å². The molecule has 5 nitrogen and oxygen atoms in total. The third-order valence-corrected chi connectivity index (χ3v) is 6.71. The number of hydrogen-bond acceptors (Lipinski definition) is 3. The van der Waals surface area contributed by atoms with Crippen LogP contribution < -0.4 is 4.74 Å². The molecule has 0 bridgehead atoms. The normalized spacial score (nSPS) is 18.7. The van der Waals surface area contributed by atoms with Gasteiger partial charge in [-0.15, -0.1) is 0 Å². The van der Waals surface area contributed by atoms with E-state index in [0.717, 1.165) is 22.8 Å². The van der Waals surface area contributed by atoms with Gasteiger partial charge in [-0.05, 0) is 0 Å². The number of rotatable bonds is 7. The Balaban J connectivity index is 1.80. The van der Waals surface area contributed by atoms with E-state index in [1.165, 1.54) is 5.56 Å². The van der Waals surface area contributed by atoms with Crippen LogP contribution in [-0.4, -0.2) is 56.5 Å². The first-order chi connectivity index (χ1) is 11.0. The Bertz CT molecular complexity index is 546. The fourth-order valence-corrected chi connectivity index (χ4v) is 4.90. The number of carboxylic acids is 1. The molecule has 126 valence electrons. The number of methoxy groups -OCH3 is 1. The van der Waals surface area contributed by atoms with Gasteiger partial charge in [0.05, 0.1) is 0 Å². The van der Waals surface area contributed by atoms with E-state index >= 15 is 0 Å². The fourth-order valence-electron chi connectivity index (χ4n) is 2.72. The van der Waals surface area contributed by atoms with E-state index in [2.05, 4.69) is 0 Å². The third kappa shape index (κ3) is 4.72. The Morgan fingerprint density at radius 3 is 2.70 bits per heavy atom. The quantitative estimate of drug-likeness (QED) is 0.731. The molecule has 0 saturated carbocycles. The number of amides is 1. The average molecular weight is 384 g/mol. The predicted molar refractivity (Wildman–Crippen MR) is 88.8 cm³/mol. The molecule has 1 aliphatic rings. The number of ether oxygens (including phenoxy) is 1. The SMILES string of the molecule is COc1ccc(C[Se]C[C@H](C)C(=O)N2CCC[C@H]2C(=O)O)cc1. The zero-order valence-electron chi connectivity index (χ0n) is 13.5. The van der Waals surface area contributed by atoms with Gasteiger partial charge in [0.1, 0.15) is 0 Å². The first kappa shape index (κ1) is 17.8. The number of carbonyl (C=O) groups is 2. The molecule has 1 amide bonds. The second-order valence-electron chi connectivity index (χ2n) is 5.79. The van der Waals surface area contributed by atoms with Crippen molar-refractivity contribution in [2.24, 2.45) is 5.92 Å². The van der Waals surface area contributed by atoms with E-state index in [9.17, 15) is 14.7 Å². The molecule has 0 aromatic heterocycles. The van der Waals surface area contributed by atoms with Crippen LogP contribution in [0.5, 0.6) is 5.75 Å². The summed E-state index contributed by atoms with van der Waals surface area (Å²) < 4.78 is 5.14. The van der Waals surface area contributed by atoms with E-state index in [4.69, 9.17) is 4.74 Å². The minimum atomic E-state index is -0.883. The van der Waals surface area contributed by atoms with Gasteiger partial charge in [-0.1, -0.05) is 0 Å². The van der Waals surface area contributed by atoms with Crippen molar-refractivity contribution in [1.29, 1.82) is 0 Å². The van der Waals surface area contributed by atoms with Crippen LogP contribution in [0.1, 0.15) is 25.3 Å². The first-order valence-electron chi connectivity index (χ1n) is 7.77. The molecule has 1 aliphatic heterocycles. The zero-order chi connectivity index (χ0) is 16.8. The summed E-state index contributed by atoms with van der Waals surface area (Å²) in [7, 11) is 1.65. The average Bonchev–Trinajstić information content (AvgIpc) is 3.04. The van der Waals surface area contributed by atoms with Crippen LogP contribution >= 0.6 is 0 Å². The van der Waals surface area contributed by atoms with Gasteiger partial charge >= 0.3 is 143 Å². The summed E-state index contributed by atoms with van der Waals surface area (Å²) in [6.07, 6.45) is 1.36. The monoisotopic (exact) mass is 385 g/mol. The summed E-state index contributed by atoms with van der Waals surface area (Å²) in [6, 6.07) is 7.37. The molecule has 1 aromatic carbocycles. The molecule has 0 radical (unpaired) electrons. The second-order valence-corrected chi connectivity index (χ2v) is 7.95. The molecule has 1 N–H and O–H groups in total. The van der Waals surface area contributed by atoms with Gasteiger partial charge in [0.2, 0.25) is 0 Å².